The minimum Gasteiger partial charge on any atom is -0.357 e. The first-order valence-corrected chi connectivity index (χ1v) is 12.5. The average molecular weight is 576 g/mol. The minimum absolute atomic E-state index is 0.0770. The second-order valence-electron chi connectivity index (χ2n) is 9.20. The fraction of sp³-hybridized carbons (Fsp3) is 0.360. The predicted octanol–water partition coefficient (Wildman–Crippen LogP) is 3.37. The molecule has 1 saturated heterocycles. The number of aromatic amines is 1. The third kappa shape index (κ3) is 5.21. The Morgan fingerprint density at radius 2 is 2.11 bits per heavy atom. The Morgan fingerprint density at radius 1 is 1.30 bits per heavy atom. The quantitative estimate of drug-likeness (QED) is 0.449. The fourth-order valence-corrected chi connectivity index (χ4v) is 5.32. The van der Waals surface area contributed by atoms with Crippen LogP contribution in [-0.2, 0) is 20.9 Å². The van der Waals surface area contributed by atoms with E-state index >= 15 is 0 Å². The summed E-state index contributed by atoms with van der Waals surface area (Å²) in [5.74, 6) is -1.29. The van der Waals surface area contributed by atoms with E-state index in [9.17, 15) is 23.2 Å². The van der Waals surface area contributed by atoms with Crippen LogP contribution in [0.1, 0.15) is 41.0 Å². The summed E-state index contributed by atoms with van der Waals surface area (Å²) in [6.07, 6.45) is 2.27. The van der Waals surface area contributed by atoms with Gasteiger partial charge in [0.05, 0.1) is 12.1 Å². The molecule has 2 aliphatic rings. The van der Waals surface area contributed by atoms with Gasteiger partial charge in [0.1, 0.15) is 12.6 Å². The number of alkyl halides is 2. The molecule has 0 spiro atoms. The van der Waals surface area contributed by atoms with E-state index in [0.29, 0.717) is 5.56 Å². The lowest BCUT2D eigenvalue weighted by atomic mass is 10.1. The molecule has 3 aromatic rings. The first-order chi connectivity index (χ1) is 17.7. The number of ether oxygens (including phenoxy) is 1. The maximum absolute atomic E-state index is 13.3. The van der Waals surface area contributed by atoms with Gasteiger partial charge in [0.2, 0.25) is 11.8 Å². The van der Waals surface area contributed by atoms with Gasteiger partial charge in [-0.15, -0.1) is 0 Å². The van der Waals surface area contributed by atoms with Crippen molar-refractivity contribution in [2.24, 2.45) is 0 Å². The van der Waals surface area contributed by atoms with Gasteiger partial charge in [0.15, 0.2) is 0 Å². The molecule has 12 heteroatoms. The predicted molar refractivity (Wildman–Crippen MR) is 133 cm³/mol. The summed E-state index contributed by atoms with van der Waals surface area (Å²) in [7, 11) is 0. The summed E-state index contributed by atoms with van der Waals surface area (Å²) in [5.41, 5.74) is 2.88. The molecule has 2 N–H and O–H groups in total. The van der Waals surface area contributed by atoms with E-state index < -0.39 is 36.6 Å². The van der Waals surface area contributed by atoms with Crippen molar-refractivity contribution in [3.63, 3.8) is 0 Å². The number of likely N-dealkylation sites (tertiary alicyclic amines) is 1. The molecule has 37 heavy (non-hydrogen) atoms. The number of fused-ring (bicyclic) bond motifs is 2. The number of nitrogens with one attached hydrogen (secondary N) is 2. The van der Waals surface area contributed by atoms with E-state index in [1.165, 1.54) is 9.80 Å². The zero-order chi connectivity index (χ0) is 26.3. The van der Waals surface area contributed by atoms with E-state index in [2.05, 4.69) is 36.0 Å². The highest BCUT2D eigenvalue weighted by Crippen LogP contribution is 2.28. The number of aromatic nitrogens is 2. The van der Waals surface area contributed by atoms with Crippen LogP contribution in [0, 0.1) is 0 Å². The van der Waals surface area contributed by atoms with Gasteiger partial charge in [-0.2, -0.15) is 8.78 Å². The lowest BCUT2D eigenvalue weighted by Crippen LogP contribution is -2.49. The largest absolute Gasteiger partial charge is 0.357 e. The van der Waals surface area contributed by atoms with E-state index in [0.717, 1.165) is 26.6 Å². The van der Waals surface area contributed by atoms with Crippen LogP contribution in [0.15, 0.2) is 47.2 Å². The van der Waals surface area contributed by atoms with Crippen LogP contribution in [0.25, 0.3) is 10.9 Å². The van der Waals surface area contributed by atoms with Crippen molar-refractivity contribution in [1.29, 1.82) is 0 Å². The Labute approximate surface area is 219 Å². The molecule has 0 saturated carbocycles. The van der Waals surface area contributed by atoms with Crippen molar-refractivity contribution in [2.45, 2.75) is 44.7 Å². The maximum Gasteiger partial charge on any atom is 0.345 e. The summed E-state index contributed by atoms with van der Waals surface area (Å²) >= 11 is 3.38. The number of pyridine rings is 1. The number of halogens is 3. The number of carbonyl (C=O) groups is 3. The van der Waals surface area contributed by atoms with Crippen LogP contribution in [0.5, 0.6) is 0 Å². The number of carbonyl (C=O) groups excluding carboxylic acids is 3. The van der Waals surface area contributed by atoms with Gasteiger partial charge >= 0.3 is 6.61 Å². The second kappa shape index (κ2) is 10.2. The first-order valence-electron chi connectivity index (χ1n) is 11.7. The number of H-pyrrole nitrogens is 1. The summed E-state index contributed by atoms with van der Waals surface area (Å²) in [4.78, 5) is 49.2. The highest BCUT2D eigenvalue weighted by molar-refractivity contribution is 9.10. The van der Waals surface area contributed by atoms with Crippen molar-refractivity contribution < 1.29 is 27.9 Å². The smallest absolute Gasteiger partial charge is 0.345 e. The van der Waals surface area contributed by atoms with Gasteiger partial charge < -0.3 is 24.8 Å². The topological polar surface area (TPSA) is 108 Å². The van der Waals surface area contributed by atoms with Crippen molar-refractivity contribution in [2.75, 3.05) is 13.1 Å². The Kier molecular flexibility index (Phi) is 6.95. The maximum atomic E-state index is 13.3. The highest BCUT2D eigenvalue weighted by Gasteiger charge is 2.42. The minimum atomic E-state index is -3.03. The third-order valence-corrected chi connectivity index (χ3v) is 7.21. The van der Waals surface area contributed by atoms with Crippen molar-refractivity contribution in [3.05, 3.63) is 64.0 Å². The molecule has 4 heterocycles. The molecule has 3 amide bonds. The number of amides is 3. The molecule has 194 valence electrons. The van der Waals surface area contributed by atoms with Crippen LogP contribution in [0.3, 0.4) is 0 Å². The number of benzene rings is 1. The van der Waals surface area contributed by atoms with Crippen LogP contribution in [0.2, 0.25) is 0 Å². The van der Waals surface area contributed by atoms with E-state index in [1.54, 1.807) is 31.5 Å². The number of hydrogen-bond donors (Lipinski definition) is 2. The van der Waals surface area contributed by atoms with E-state index in [4.69, 9.17) is 0 Å². The first kappa shape index (κ1) is 25.3. The van der Waals surface area contributed by atoms with Crippen molar-refractivity contribution >= 4 is 44.6 Å². The van der Waals surface area contributed by atoms with Gasteiger partial charge in [0.25, 0.3) is 5.91 Å². The molecule has 1 fully saturated rings. The van der Waals surface area contributed by atoms with Crippen LogP contribution >= 0.6 is 15.9 Å². The lowest BCUT2D eigenvalue weighted by molar-refractivity contribution is -0.160. The van der Waals surface area contributed by atoms with Gasteiger partial charge in [-0.25, -0.2) is 0 Å². The monoisotopic (exact) mass is 575 g/mol. The van der Waals surface area contributed by atoms with Gasteiger partial charge in [0, 0.05) is 58.5 Å². The fourth-order valence-electron chi connectivity index (χ4n) is 4.91. The Morgan fingerprint density at radius 3 is 2.86 bits per heavy atom. The molecule has 1 unspecified atom stereocenters. The lowest BCUT2D eigenvalue weighted by Gasteiger charge is -2.27. The van der Waals surface area contributed by atoms with Gasteiger partial charge in [-0.05, 0) is 42.8 Å². The van der Waals surface area contributed by atoms with Gasteiger partial charge in [-0.1, -0.05) is 15.9 Å². The molecule has 2 aromatic heterocycles. The summed E-state index contributed by atoms with van der Waals surface area (Å²) in [6, 6.07) is 7.47. The molecule has 0 aliphatic carbocycles. The standard InChI is InChI=1S/C25H24BrF2N5O4/c1-13(20-7-14-9-29-5-4-19(14)31-20)30-23(35)21-8-17(37-25(27)28)11-33(21)22(34)12-32-10-15-6-16(26)2-3-18(15)24(32)36/h2-7,9,13,17,21,25,31H,8,10-12H2,1H3,(H,30,35)/t13?,17-,21+/m1/s1. The molecule has 9 nitrogen and oxygen atoms in total. The van der Waals surface area contributed by atoms with Gasteiger partial charge in [-0.3, -0.25) is 19.4 Å². The molecular formula is C25H24BrF2N5O4. The second-order valence-corrected chi connectivity index (χ2v) is 10.1. The zero-order valence-corrected chi connectivity index (χ0v) is 21.4. The van der Waals surface area contributed by atoms with Crippen LogP contribution in [0.4, 0.5) is 8.78 Å². The SMILES string of the molecule is CC(NC(=O)[C@@H]1C[C@@H](OC(F)F)CN1C(=O)CN1Cc2cc(Br)ccc2C1=O)c1cc2cnccc2[nH]1. The van der Waals surface area contributed by atoms with Crippen LogP contribution < -0.4 is 5.32 Å². The molecule has 0 radical (unpaired) electrons. The summed E-state index contributed by atoms with van der Waals surface area (Å²) in [5, 5.41) is 3.75. The number of rotatable bonds is 7. The Bertz CT molecular complexity index is 1330. The summed E-state index contributed by atoms with van der Waals surface area (Å²) < 4.78 is 31.4. The molecule has 0 bridgehead atoms. The highest BCUT2D eigenvalue weighted by atomic mass is 79.9. The molecule has 3 atom stereocenters. The average Bonchev–Trinajstić information content (AvgIpc) is 3.54. The van der Waals surface area contributed by atoms with Crippen molar-refractivity contribution in [1.82, 2.24) is 25.1 Å². The Balaban J connectivity index is 1.29. The molecule has 5 rings (SSSR count). The normalized spacial score (nSPS) is 20.1. The zero-order valence-electron chi connectivity index (χ0n) is 19.8. The van der Waals surface area contributed by atoms with E-state index in [1.807, 2.05) is 18.2 Å². The Hall–Kier alpha value is -3.38. The van der Waals surface area contributed by atoms with Crippen molar-refractivity contribution in [3.8, 4) is 0 Å². The summed E-state index contributed by atoms with van der Waals surface area (Å²) in [6.45, 7) is -1.46. The molecular weight excluding hydrogens is 552 g/mol. The van der Waals surface area contributed by atoms with E-state index in [-0.39, 0.29) is 32.0 Å². The molecule has 1 aromatic carbocycles. The number of nitrogens with zero attached hydrogens (tertiary/aromatic N) is 3. The third-order valence-electron chi connectivity index (χ3n) is 6.72. The molecule has 2 aliphatic heterocycles. The van der Waals surface area contributed by atoms with Crippen LogP contribution in [-0.4, -0.2) is 69.3 Å². The number of hydrogen-bond acceptors (Lipinski definition) is 5.